The molecular formula is C11H13ClF2N2O4S. The molecule has 6 nitrogen and oxygen atoms in total. The van der Waals surface area contributed by atoms with Crippen molar-refractivity contribution in [2.45, 2.75) is 5.76 Å². The first-order valence-electron chi connectivity index (χ1n) is 5.55. The number of carbonyl (C=O) groups is 1. The second-order valence-electron chi connectivity index (χ2n) is 3.96. The maximum atomic E-state index is 12.3. The number of carbonyl (C=O) groups excluding carboxylic acids is 1. The molecule has 1 amide bonds. The van der Waals surface area contributed by atoms with Crippen LogP contribution < -0.4 is 10.1 Å². The van der Waals surface area contributed by atoms with Crippen molar-refractivity contribution in [2.24, 2.45) is 0 Å². The zero-order chi connectivity index (χ0) is 16.2. The van der Waals surface area contributed by atoms with Crippen molar-refractivity contribution in [3.8, 4) is 5.75 Å². The monoisotopic (exact) mass is 342 g/mol. The molecule has 1 aromatic carbocycles. The van der Waals surface area contributed by atoms with Gasteiger partial charge in [-0.1, -0.05) is 11.6 Å². The molecule has 0 unspecified atom stereocenters. The molecule has 21 heavy (non-hydrogen) atoms. The summed E-state index contributed by atoms with van der Waals surface area (Å²) in [6.45, 7) is -0.740. The second kappa shape index (κ2) is 7.01. The van der Waals surface area contributed by atoms with Crippen LogP contribution in [0, 0.1) is 0 Å². The first-order valence-corrected chi connectivity index (χ1v) is 7.43. The Morgan fingerprint density at radius 1 is 1.48 bits per heavy atom. The molecule has 0 aliphatic carbocycles. The largest absolute Gasteiger partial charge is 0.495 e. The van der Waals surface area contributed by atoms with Crippen molar-refractivity contribution < 1.29 is 26.7 Å². The van der Waals surface area contributed by atoms with Gasteiger partial charge in [-0.25, -0.2) is 8.42 Å². The molecule has 0 bridgehead atoms. The molecule has 0 fully saturated rings. The lowest BCUT2D eigenvalue weighted by atomic mass is 10.3. The summed E-state index contributed by atoms with van der Waals surface area (Å²) in [5.74, 6) is -3.96. The zero-order valence-corrected chi connectivity index (χ0v) is 12.7. The Bertz CT molecular complexity index is 625. The number of methoxy groups -OCH3 is 1. The number of anilines is 1. The Kier molecular flexibility index (Phi) is 5.87. The number of nitrogens with zero attached hydrogens (tertiary/aromatic N) is 1. The number of likely N-dealkylation sites (N-methyl/N-ethyl adjacent to an activating group) is 1. The van der Waals surface area contributed by atoms with Crippen LogP contribution in [-0.2, 0) is 14.8 Å². The molecule has 0 spiro atoms. The topological polar surface area (TPSA) is 75.7 Å². The summed E-state index contributed by atoms with van der Waals surface area (Å²) in [6.07, 6.45) is 0. The van der Waals surface area contributed by atoms with Gasteiger partial charge in [-0.15, -0.1) is 0 Å². The highest BCUT2D eigenvalue weighted by Gasteiger charge is 2.30. The molecule has 1 N–H and O–H groups in total. The summed E-state index contributed by atoms with van der Waals surface area (Å²) in [7, 11) is -2.48. The van der Waals surface area contributed by atoms with Gasteiger partial charge in [-0.3, -0.25) is 4.79 Å². The molecule has 0 radical (unpaired) electrons. The minimum Gasteiger partial charge on any atom is -0.495 e. The minimum absolute atomic E-state index is 0.240. The third kappa shape index (κ3) is 4.51. The molecular weight excluding hydrogens is 330 g/mol. The molecule has 0 aliphatic rings. The Hall–Kier alpha value is -1.45. The summed E-state index contributed by atoms with van der Waals surface area (Å²) >= 11 is 5.85. The molecule has 0 aliphatic heterocycles. The van der Waals surface area contributed by atoms with Crippen LogP contribution in [0.15, 0.2) is 18.2 Å². The van der Waals surface area contributed by atoms with E-state index in [0.717, 1.165) is 7.05 Å². The standard InChI is InChI=1S/C11H13ClF2N2O4S/c1-16(21(18,19)11(13)14)6-10(17)15-7-3-4-9(20-2)8(12)5-7/h3-5,11H,6H2,1-2H3,(H,15,17). The van der Waals surface area contributed by atoms with E-state index in [1.807, 2.05) is 0 Å². The molecule has 0 saturated carbocycles. The van der Waals surface area contributed by atoms with E-state index in [-0.39, 0.29) is 15.0 Å². The third-order valence-electron chi connectivity index (χ3n) is 2.46. The van der Waals surface area contributed by atoms with E-state index in [1.165, 1.54) is 25.3 Å². The number of hydrogen-bond acceptors (Lipinski definition) is 4. The van der Waals surface area contributed by atoms with Gasteiger partial charge >= 0.3 is 5.76 Å². The summed E-state index contributed by atoms with van der Waals surface area (Å²) in [4.78, 5) is 11.6. The first-order chi connectivity index (χ1) is 9.68. The average molecular weight is 343 g/mol. The zero-order valence-electron chi connectivity index (χ0n) is 11.1. The van der Waals surface area contributed by atoms with Crippen molar-refractivity contribution in [1.82, 2.24) is 4.31 Å². The van der Waals surface area contributed by atoms with Gasteiger partial charge in [0.1, 0.15) is 5.75 Å². The van der Waals surface area contributed by atoms with Crippen molar-refractivity contribution in [3.63, 3.8) is 0 Å². The van der Waals surface area contributed by atoms with E-state index in [0.29, 0.717) is 5.75 Å². The Morgan fingerprint density at radius 3 is 2.57 bits per heavy atom. The van der Waals surface area contributed by atoms with Crippen molar-refractivity contribution in [1.29, 1.82) is 0 Å². The van der Waals surface area contributed by atoms with Gasteiger partial charge in [-0.2, -0.15) is 13.1 Å². The fourth-order valence-electron chi connectivity index (χ4n) is 1.37. The Morgan fingerprint density at radius 2 is 2.10 bits per heavy atom. The first kappa shape index (κ1) is 17.6. The summed E-state index contributed by atoms with van der Waals surface area (Å²) in [5, 5.41) is 2.59. The van der Waals surface area contributed by atoms with E-state index in [4.69, 9.17) is 16.3 Å². The van der Waals surface area contributed by atoms with Gasteiger partial charge in [0, 0.05) is 12.7 Å². The van der Waals surface area contributed by atoms with Crippen LogP contribution in [0.2, 0.25) is 5.02 Å². The number of amides is 1. The van der Waals surface area contributed by atoms with Gasteiger partial charge in [0.05, 0.1) is 18.7 Å². The predicted molar refractivity (Wildman–Crippen MR) is 74.2 cm³/mol. The molecule has 0 heterocycles. The smallest absolute Gasteiger partial charge is 0.350 e. The summed E-state index contributed by atoms with van der Waals surface area (Å²) in [5.41, 5.74) is 0.286. The summed E-state index contributed by atoms with van der Waals surface area (Å²) in [6, 6.07) is 4.36. The number of benzene rings is 1. The maximum Gasteiger partial charge on any atom is 0.350 e. The van der Waals surface area contributed by atoms with Gasteiger partial charge in [0.15, 0.2) is 0 Å². The SMILES string of the molecule is COc1ccc(NC(=O)CN(C)S(=O)(=O)C(F)F)cc1Cl. The number of halogens is 3. The normalized spacial score (nSPS) is 11.8. The van der Waals surface area contributed by atoms with Crippen molar-refractivity contribution >= 4 is 33.2 Å². The number of rotatable bonds is 6. The molecule has 0 aromatic heterocycles. The Labute approximate surface area is 125 Å². The van der Waals surface area contributed by atoms with E-state index < -0.39 is 28.2 Å². The molecule has 118 valence electrons. The number of sulfonamides is 1. The summed E-state index contributed by atoms with van der Waals surface area (Å²) < 4.78 is 52.0. The molecule has 1 rings (SSSR count). The van der Waals surface area contributed by atoms with Crippen molar-refractivity contribution in [3.05, 3.63) is 23.2 Å². The van der Waals surface area contributed by atoms with E-state index in [2.05, 4.69) is 5.32 Å². The maximum absolute atomic E-state index is 12.3. The van der Waals surface area contributed by atoms with Crippen molar-refractivity contribution in [2.75, 3.05) is 26.0 Å². The van der Waals surface area contributed by atoms with Crippen LogP contribution in [0.5, 0.6) is 5.75 Å². The van der Waals surface area contributed by atoms with Crippen LogP contribution in [0.4, 0.5) is 14.5 Å². The van der Waals surface area contributed by atoms with E-state index in [1.54, 1.807) is 0 Å². The van der Waals surface area contributed by atoms with Gasteiger partial charge < -0.3 is 10.1 Å². The minimum atomic E-state index is -4.79. The molecule has 0 atom stereocenters. The molecule has 0 saturated heterocycles. The van der Waals surface area contributed by atoms with Gasteiger partial charge in [0.2, 0.25) is 5.91 Å². The van der Waals surface area contributed by atoms with E-state index in [9.17, 15) is 22.0 Å². The van der Waals surface area contributed by atoms with Gasteiger partial charge in [-0.05, 0) is 18.2 Å². The molecule has 1 aromatic rings. The fourth-order valence-corrected chi connectivity index (χ4v) is 2.20. The fraction of sp³-hybridized carbons (Fsp3) is 0.364. The van der Waals surface area contributed by atoms with Crippen LogP contribution in [0.25, 0.3) is 0 Å². The van der Waals surface area contributed by atoms with Crippen LogP contribution in [-0.4, -0.2) is 45.1 Å². The Balaban J connectivity index is 2.72. The third-order valence-corrected chi connectivity index (χ3v) is 4.21. The highest BCUT2D eigenvalue weighted by Crippen LogP contribution is 2.27. The van der Waals surface area contributed by atoms with E-state index >= 15 is 0 Å². The van der Waals surface area contributed by atoms with Crippen LogP contribution >= 0.6 is 11.6 Å². The van der Waals surface area contributed by atoms with Crippen LogP contribution in [0.1, 0.15) is 0 Å². The number of ether oxygens (including phenoxy) is 1. The number of nitrogens with one attached hydrogen (secondary N) is 1. The lowest BCUT2D eigenvalue weighted by Crippen LogP contribution is -2.37. The number of hydrogen-bond donors (Lipinski definition) is 1. The lowest BCUT2D eigenvalue weighted by Gasteiger charge is -2.16. The number of alkyl halides is 2. The predicted octanol–water partition coefficient (Wildman–Crippen LogP) is 1.77. The highest BCUT2D eigenvalue weighted by atomic mass is 35.5. The quantitative estimate of drug-likeness (QED) is 0.855. The lowest BCUT2D eigenvalue weighted by molar-refractivity contribution is -0.116. The molecule has 10 heteroatoms. The van der Waals surface area contributed by atoms with Crippen LogP contribution in [0.3, 0.4) is 0 Å². The average Bonchev–Trinajstić information content (AvgIpc) is 2.38. The second-order valence-corrected chi connectivity index (χ2v) is 6.38. The van der Waals surface area contributed by atoms with Gasteiger partial charge in [0.25, 0.3) is 10.0 Å². The highest BCUT2D eigenvalue weighted by molar-refractivity contribution is 7.89.